The minimum Gasteiger partial charge on any atom is -0.505 e. The second-order valence-electron chi connectivity index (χ2n) is 2.32. The van der Waals surface area contributed by atoms with Gasteiger partial charge in [0.25, 0.3) is 0 Å². The number of anilines is 1. The third-order valence-electron chi connectivity index (χ3n) is 1.30. The summed E-state index contributed by atoms with van der Waals surface area (Å²) in [5.41, 5.74) is 0.414. The van der Waals surface area contributed by atoms with Crippen molar-refractivity contribution in [2.24, 2.45) is 0 Å². The molecular weight excluding hydrogens is 222 g/mol. The fourth-order valence-electron chi connectivity index (χ4n) is 0.806. The monoisotopic (exact) mass is 229 g/mol. The summed E-state index contributed by atoms with van der Waals surface area (Å²) in [4.78, 5) is 10.6. The van der Waals surface area contributed by atoms with Crippen LogP contribution in [0.2, 0.25) is 0 Å². The fourth-order valence-corrected chi connectivity index (χ4v) is 1.17. The van der Waals surface area contributed by atoms with Crippen molar-refractivity contribution in [3.63, 3.8) is 0 Å². The van der Waals surface area contributed by atoms with E-state index in [-0.39, 0.29) is 11.7 Å². The number of nitrogens with one attached hydrogen (secondary N) is 1. The third kappa shape index (κ3) is 1.98. The molecule has 0 saturated heterocycles. The number of hydrogen-bond acceptors (Lipinski definition) is 2. The van der Waals surface area contributed by atoms with Gasteiger partial charge < -0.3 is 10.4 Å². The number of carbonyl (C=O) groups excluding carboxylic acids is 1. The molecule has 0 bridgehead atoms. The zero-order valence-corrected chi connectivity index (χ0v) is 8.05. The summed E-state index contributed by atoms with van der Waals surface area (Å²) >= 11 is 3.13. The summed E-state index contributed by atoms with van der Waals surface area (Å²) in [5, 5.41) is 11.9. The number of hydrogen-bond donors (Lipinski definition) is 2. The summed E-state index contributed by atoms with van der Waals surface area (Å²) in [7, 11) is 0. The maximum atomic E-state index is 10.6. The Kier molecular flexibility index (Phi) is 2.70. The molecular formula is C8H8BrNO2. The topological polar surface area (TPSA) is 49.3 Å². The van der Waals surface area contributed by atoms with Crippen LogP contribution < -0.4 is 5.32 Å². The van der Waals surface area contributed by atoms with Crippen molar-refractivity contribution in [1.82, 2.24) is 0 Å². The van der Waals surface area contributed by atoms with E-state index >= 15 is 0 Å². The van der Waals surface area contributed by atoms with Crippen molar-refractivity contribution in [2.75, 3.05) is 5.32 Å². The van der Waals surface area contributed by atoms with Crippen LogP contribution in [0.4, 0.5) is 5.69 Å². The lowest BCUT2D eigenvalue weighted by molar-refractivity contribution is -0.114. The molecule has 0 radical (unpaired) electrons. The molecule has 4 heteroatoms. The van der Waals surface area contributed by atoms with Gasteiger partial charge in [0.1, 0.15) is 0 Å². The molecule has 1 aromatic rings. The molecule has 0 saturated carbocycles. The number of phenols is 1. The van der Waals surface area contributed by atoms with Gasteiger partial charge in [0.15, 0.2) is 5.75 Å². The summed E-state index contributed by atoms with van der Waals surface area (Å²) in [6.45, 7) is 1.39. The molecule has 0 aliphatic heterocycles. The number of benzene rings is 1. The van der Waals surface area contributed by atoms with Gasteiger partial charge in [-0.05, 0) is 28.1 Å². The number of phenolic OH excluding ortho intramolecular Hbond substituents is 1. The van der Waals surface area contributed by atoms with E-state index in [2.05, 4.69) is 21.2 Å². The predicted octanol–water partition coefficient (Wildman–Crippen LogP) is 2.11. The van der Waals surface area contributed by atoms with Gasteiger partial charge in [-0.3, -0.25) is 4.79 Å². The molecule has 1 rings (SSSR count). The zero-order chi connectivity index (χ0) is 9.14. The molecule has 2 N–H and O–H groups in total. The number of halogens is 1. The van der Waals surface area contributed by atoms with Crippen LogP contribution in [0.5, 0.6) is 5.75 Å². The maximum absolute atomic E-state index is 10.6. The van der Waals surface area contributed by atoms with E-state index in [9.17, 15) is 9.90 Å². The molecule has 3 nitrogen and oxygen atoms in total. The Labute approximate surface area is 78.5 Å². The van der Waals surface area contributed by atoms with Gasteiger partial charge in [-0.1, -0.05) is 6.07 Å². The van der Waals surface area contributed by atoms with Gasteiger partial charge in [0.2, 0.25) is 5.91 Å². The SMILES string of the molecule is CC(=O)Nc1cccc(Br)c1O. The van der Waals surface area contributed by atoms with E-state index < -0.39 is 0 Å². The van der Waals surface area contributed by atoms with Crippen molar-refractivity contribution >= 4 is 27.5 Å². The van der Waals surface area contributed by atoms with Crippen LogP contribution in [-0.2, 0) is 4.79 Å². The smallest absolute Gasteiger partial charge is 0.221 e. The Bertz CT molecular complexity index is 312. The Hall–Kier alpha value is -1.03. The zero-order valence-electron chi connectivity index (χ0n) is 6.47. The van der Waals surface area contributed by atoms with Gasteiger partial charge in [-0.15, -0.1) is 0 Å². The van der Waals surface area contributed by atoms with Gasteiger partial charge >= 0.3 is 0 Å². The van der Waals surface area contributed by atoms with Crippen LogP contribution in [0.25, 0.3) is 0 Å². The minimum atomic E-state index is -0.205. The van der Waals surface area contributed by atoms with Crippen molar-refractivity contribution in [1.29, 1.82) is 0 Å². The van der Waals surface area contributed by atoms with Crippen LogP contribution in [0.1, 0.15) is 6.92 Å². The lowest BCUT2D eigenvalue weighted by Gasteiger charge is -2.05. The second-order valence-corrected chi connectivity index (χ2v) is 3.17. The molecule has 12 heavy (non-hydrogen) atoms. The lowest BCUT2D eigenvalue weighted by atomic mass is 10.3. The number of carbonyl (C=O) groups is 1. The Morgan fingerprint density at radius 2 is 2.25 bits per heavy atom. The van der Waals surface area contributed by atoms with Crippen molar-refractivity contribution in [2.45, 2.75) is 6.92 Å². The average Bonchev–Trinajstić information content (AvgIpc) is 1.98. The summed E-state index contributed by atoms with van der Waals surface area (Å²) in [6, 6.07) is 5.05. The van der Waals surface area contributed by atoms with Gasteiger partial charge in [0, 0.05) is 6.92 Å². The highest BCUT2D eigenvalue weighted by Crippen LogP contribution is 2.31. The molecule has 0 aromatic heterocycles. The summed E-state index contributed by atoms with van der Waals surface area (Å²) < 4.78 is 0.564. The molecule has 0 aliphatic rings. The van der Waals surface area contributed by atoms with Gasteiger partial charge in [0.05, 0.1) is 10.2 Å². The average molecular weight is 230 g/mol. The van der Waals surface area contributed by atoms with E-state index in [0.29, 0.717) is 10.2 Å². The van der Waals surface area contributed by atoms with E-state index in [1.54, 1.807) is 18.2 Å². The molecule has 0 spiro atoms. The lowest BCUT2D eigenvalue weighted by Crippen LogP contribution is -2.05. The predicted molar refractivity (Wildman–Crippen MR) is 50.1 cm³/mol. The summed E-state index contributed by atoms with van der Waals surface area (Å²) in [5.74, 6) is -0.156. The molecule has 0 fully saturated rings. The molecule has 64 valence electrons. The number of amides is 1. The van der Waals surface area contributed by atoms with Gasteiger partial charge in [-0.25, -0.2) is 0 Å². The highest BCUT2D eigenvalue weighted by molar-refractivity contribution is 9.10. The summed E-state index contributed by atoms with van der Waals surface area (Å²) in [6.07, 6.45) is 0. The van der Waals surface area contributed by atoms with E-state index in [1.165, 1.54) is 6.92 Å². The van der Waals surface area contributed by atoms with Crippen molar-refractivity contribution < 1.29 is 9.90 Å². The first kappa shape index (κ1) is 9.06. The van der Waals surface area contributed by atoms with Crippen molar-refractivity contribution in [3.8, 4) is 5.75 Å². The van der Waals surface area contributed by atoms with Crippen LogP contribution in [0.15, 0.2) is 22.7 Å². The number of aromatic hydroxyl groups is 1. The van der Waals surface area contributed by atoms with Crippen LogP contribution in [0.3, 0.4) is 0 Å². The third-order valence-corrected chi connectivity index (χ3v) is 1.94. The van der Waals surface area contributed by atoms with Gasteiger partial charge in [-0.2, -0.15) is 0 Å². The highest BCUT2D eigenvalue weighted by atomic mass is 79.9. The standard InChI is InChI=1S/C8H8BrNO2/c1-5(11)10-7-4-2-3-6(9)8(7)12/h2-4,12H,1H3,(H,10,11). The van der Waals surface area contributed by atoms with Crippen molar-refractivity contribution in [3.05, 3.63) is 22.7 Å². The maximum Gasteiger partial charge on any atom is 0.221 e. The van der Waals surface area contributed by atoms with E-state index in [4.69, 9.17) is 0 Å². The molecule has 1 amide bonds. The molecule has 0 unspecified atom stereocenters. The second kappa shape index (κ2) is 3.58. The fraction of sp³-hybridized carbons (Fsp3) is 0.125. The Morgan fingerprint density at radius 3 is 2.83 bits per heavy atom. The highest BCUT2D eigenvalue weighted by Gasteiger charge is 2.04. The Balaban J connectivity index is 3.00. The van der Waals surface area contributed by atoms with E-state index in [0.717, 1.165) is 0 Å². The normalized spacial score (nSPS) is 9.50. The number of rotatable bonds is 1. The largest absolute Gasteiger partial charge is 0.505 e. The molecule has 1 aromatic carbocycles. The Morgan fingerprint density at radius 1 is 1.58 bits per heavy atom. The molecule has 0 aliphatic carbocycles. The minimum absolute atomic E-state index is 0.0488. The first-order chi connectivity index (χ1) is 5.61. The first-order valence-electron chi connectivity index (χ1n) is 3.36. The molecule has 0 atom stereocenters. The number of para-hydroxylation sites is 1. The molecule has 0 heterocycles. The van der Waals surface area contributed by atoms with Crippen LogP contribution in [0, 0.1) is 0 Å². The first-order valence-corrected chi connectivity index (χ1v) is 4.15. The van der Waals surface area contributed by atoms with Crippen LogP contribution >= 0.6 is 15.9 Å². The van der Waals surface area contributed by atoms with Crippen LogP contribution in [-0.4, -0.2) is 11.0 Å². The quantitative estimate of drug-likeness (QED) is 0.726. The van der Waals surface area contributed by atoms with E-state index in [1.807, 2.05) is 0 Å².